The third-order valence-electron chi connectivity index (χ3n) is 5.95. The van der Waals surface area contributed by atoms with E-state index in [2.05, 4.69) is 15.4 Å². The van der Waals surface area contributed by atoms with Crippen molar-refractivity contribution in [1.29, 1.82) is 0 Å². The molecule has 2 aromatic carbocycles. The lowest BCUT2D eigenvalue weighted by Gasteiger charge is -2.29. The molecule has 4 aromatic rings. The van der Waals surface area contributed by atoms with Crippen LogP contribution in [0.2, 0.25) is 0 Å². The molecule has 7 nitrogen and oxygen atoms in total. The summed E-state index contributed by atoms with van der Waals surface area (Å²) in [5.41, 5.74) is 0.149. The van der Waals surface area contributed by atoms with Crippen LogP contribution in [0.4, 0.5) is 13.2 Å². The maximum absolute atomic E-state index is 13.8. The third-order valence-corrected chi connectivity index (χ3v) is 5.95. The summed E-state index contributed by atoms with van der Waals surface area (Å²) in [6.45, 7) is 1.92. The first kappa shape index (κ1) is 25.2. The Bertz CT molecular complexity index is 1330. The molecule has 1 amide bonds. The zero-order chi connectivity index (χ0) is 25.9. The molecule has 2 heterocycles. The number of aryl methyl sites for hydroxylation is 2. The van der Waals surface area contributed by atoms with Crippen molar-refractivity contribution in [2.24, 2.45) is 7.05 Å². The Hall–Kier alpha value is -3.92. The van der Waals surface area contributed by atoms with Gasteiger partial charge in [0.15, 0.2) is 0 Å². The number of carbonyl (C=O) groups excluding carboxylic acids is 1. The van der Waals surface area contributed by atoms with Gasteiger partial charge < -0.3 is 15.0 Å². The number of aromatic nitrogens is 4. The number of hydrogen-bond donors (Lipinski definition) is 2. The lowest BCUT2D eigenvalue weighted by molar-refractivity contribution is -0.272. The average molecular weight is 498 g/mol. The summed E-state index contributed by atoms with van der Waals surface area (Å²) in [7, 11) is 1.37. The van der Waals surface area contributed by atoms with E-state index in [1.54, 1.807) is 10.9 Å². The smallest absolute Gasteiger partial charge is 0.374 e. The number of amides is 1. The van der Waals surface area contributed by atoms with E-state index in [-0.39, 0.29) is 5.56 Å². The van der Waals surface area contributed by atoms with Crippen LogP contribution in [0, 0.1) is 6.92 Å². The molecule has 0 aliphatic carbocycles. The fraction of sp³-hybridized carbons (Fsp3) is 0.269. The molecule has 0 radical (unpaired) electrons. The van der Waals surface area contributed by atoms with E-state index < -0.39 is 36.5 Å². The largest absolute Gasteiger partial charge is 0.424 e. The molecule has 0 saturated heterocycles. The Morgan fingerprint density at radius 3 is 2.39 bits per heavy atom. The number of nitrogens with zero attached hydrogens (tertiary/aromatic N) is 4. The summed E-state index contributed by atoms with van der Waals surface area (Å²) in [6, 6.07) is 17.0. The molecule has 4 rings (SSSR count). The predicted octanol–water partition coefficient (Wildman–Crippen LogP) is 4.21. The second-order valence-electron chi connectivity index (χ2n) is 8.67. The van der Waals surface area contributed by atoms with Crippen LogP contribution >= 0.6 is 0 Å². The zero-order valence-electron chi connectivity index (χ0n) is 19.8. The molecule has 1 unspecified atom stereocenters. The molecule has 0 spiro atoms. The molecule has 0 saturated carbocycles. The highest BCUT2D eigenvalue weighted by Crippen LogP contribution is 2.40. The number of aliphatic hydroxyl groups is 1. The molecule has 188 valence electrons. The Labute approximate surface area is 206 Å². The summed E-state index contributed by atoms with van der Waals surface area (Å²) in [4.78, 5) is 16.8. The number of benzene rings is 2. The second kappa shape index (κ2) is 9.98. The van der Waals surface area contributed by atoms with E-state index in [9.17, 15) is 23.1 Å². The molecule has 0 aliphatic rings. The van der Waals surface area contributed by atoms with Crippen LogP contribution in [0.5, 0.6) is 0 Å². The van der Waals surface area contributed by atoms with Gasteiger partial charge in [-0.25, -0.2) is 4.98 Å². The summed E-state index contributed by atoms with van der Waals surface area (Å²) in [6.07, 6.45) is -1.71. The van der Waals surface area contributed by atoms with Gasteiger partial charge in [0, 0.05) is 44.2 Å². The minimum atomic E-state index is -4.98. The van der Waals surface area contributed by atoms with E-state index in [0.29, 0.717) is 17.8 Å². The van der Waals surface area contributed by atoms with Crippen molar-refractivity contribution >= 4 is 5.91 Å². The van der Waals surface area contributed by atoms with Gasteiger partial charge in [-0.05, 0) is 12.5 Å². The monoisotopic (exact) mass is 497 g/mol. The highest BCUT2D eigenvalue weighted by atomic mass is 19.4. The summed E-state index contributed by atoms with van der Waals surface area (Å²) in [5, 5.41) is 17.6. The number of imidazole rings is 1. The average Bonchev–Trinajstić information content (AvgIpc) is 3.46. The van der Waals surface area contributed by atoms with Gasteiger partial charge in [0.05, 0.1) is 12.1 Å². The lowest BCUT2D eigenvalue weighted by Crippen LogP contribution is -2.46. The van der Waals surface area contributed by atoms with Gasteiger partial charge in [-0.2, -0.15) is 18.3 Å². The van der Waals surface area contributed by atoms with Gasteiger partial charge in [0.25, 0.3) is 5.91 Å². The zero-order valence-corrected chi connectivity index (χ0v) is 19.8. The van der Waals surface area contributed by atoms with Gasteiger partial charge in [0.2, 0.25) is 5.60 Å². The molecule has 10 heteroatoms. The fourth-order valence-electron chi connectivity index (χ4n) is 3.96. The molecule has 0 bridgehead atoms. The summed E-state index contributed by atoms with van der Waals surface area (Å²) < 4.78 is 44.1. The topological polar surface area (TPSA) is 85.0 Å². The lowest BCUT2D eigenvalue weighted by atomic mass is 9.97. The van der Waals surface area contributed by atoms with Crippen molar-refractivity contribution in [3.05, 3.63) is 95.7 Å². The number of nitrogens with one attached hydrogen (secondary N) is 1. The first-order chi connectivity index (χ1) is 17.1. The van der Waals surface area contributed by atoms with Gasteiger partial charge in [-0.15, -0.1) is 0 Å². The van der Waals surface area contributed by atoms with Crippen molar-refractivity contribution in [1.82, 2.24) is 24.6 Å². The van der Waals surface area contributed by atoms with Gasteiger partial charge in [-0.3, -0.25) is 9.48 Å². The highest BCUT2D eigenvalue weighted by Gasteiger charge is 2.57. The first-order valence-electron chi connectivity index (χ1n) is 11.3. The van der Waals surface area contributed by atoms with Crippen LogP contribution < -0.4 is 5.32 Å². The number of carbonyl (C=O) groups is 1. The Morgan fingerprint density at radius 1 is 1.08 bits per heavy atom. The van der Waals surface area contributed by atoms with E-state index in [1.807, 2.05) is 61.5 Å². The van der Waals surface area contributed by atoms with Crippen molar-refractivity contribution in [3.63, 3.8) is 0 Å². The number of rotatable bonds is 8. The maximum Gasteiger partial charge on any atom is 0.424 e. The minimum absolute atomic E-state index is 0.224. The molecule has 2 aromatic heterocycles. The van der Waals surface area contributed by atoms with Crippen molar-refractivity contribution in [3.8, 4) is 11.3 Å². The van der Waals surface area contributed by atoms with Crippen molar-refractivity contribution < 1.29 is 23.1 Å². The van der Waals surface area contributed by atoms with Crippen LogP contribution in [0.15, 0.2) is 73.2 Å². The maximum atomic E-state index is 13.8. The quantitative estimate of drug-likeness (QED) is 0.382. The van der Waals surface area contributed by atoms with E-state index in [0.717, 1.165) is 15.7 Å². The van der Waals surface area contributed by atoms with Crippen LogP contribution in [-0.4, -0.2) is 43.1 Å². The van der Waals surface area contributed by atoms with Crippen LogP contribution in [-0.2, 0) is 19.2 Å². The van der Waals surface area contributed by atoms with Crippen molar-refractivity contribution in [2.75, 3.05) is 6.54 Å². The van der Waals surface area contributed by atoms with Crippen LogP contribution in [0.1, 0.15) is 33.7 Å². The predicted molar refractivity (Wildman–Crippen MR) is 128 cm³/mol. The standard InChI is InChI=1S/C26H26F3N5O2/c1-18-8-10-20(11-9-18)22-21(17-34(32-22)16-19-6-4-3-5-7-19)23(35)30-13-12-25(36,26(27,28)29)24-31-14-15-33(24)2/h3-11,14-15,17,36H,12-13,16H2,1-2H3,(H,30,35). The molecule has 1 atom stereocenters. The fourth-order valence-corrected chi connectivity index (χ4v) is 3.96. The number of alkyl halides is 3. The van der Waals surface area contributed by atoms with Crippen molar-refractivity contribution in [2.45, 2.75) is 31.7 Å². The summed E-state index contributed by atoms with van der Waals surface area (Å²) in [5.74, 6) is -1.13. The Balaban J connectivity index is 1.57. The van der Waals surface area contributed by atoms with Gasteiger partial charge >= 0.3 is 6.18 Å². The summed E-state index contributed by atoms with van der Waals surface area (Å²) >= 11 is 0. The second-order valence-corrected chi connectivity index (χ2v) is 8.67. The SMILES string of the molecule is Cc1ccc(-c2nn(Cc3ccccc3)cc2C(=O)NCCC(O)(c2nccn2C)C(F)(F)F)cc1. The van der Waals surface area contributed by atoms with E-state index >= 15 is 0 Å². The molecule has 36 heavy (non-hydrogen) atoms. The van der Waals surface area contributed by atoms with Gasteiger partial charge in [0.1, 0.15) is 11.5 Å². The minimum Gasteiger partial charge on any atom is -0.374 e. The number of halogens is 3. The van der Waals surface area contributed by atoms with E-state index in [4.69, 9.17) is 0 Å². The molecule has 0 aliphatic heterocycles. The molecule has 0 fully saturated rings. The van der Waals surface area contributed by atoms with Crippen LogP contribution in [0.3, 0.4) is 0 Å². The third kappa shape index (κ3) is 5.18. The molecular weight excluding hydrogens is 471 g/mol. The number of hydrogen-bond acceptors (Lipinski definition) is 4. The molecule has 2 N–H and O–H groups in total. The molecular formula is C26H26F3N5O2. The normalized spacial score (nSPS) is 13.4. The highest BCUT2D eigenvalue weighted by molar-refractivity contribution is 5.99. The Kier molecular flexibility index (Phi) is 6.98. The van der Waals surface area contributed by atoms with E-state index in [1.165, 1.54) is 19.4 Å². The van der Waals surface area contributed by atoms with Crippen LogP contribution in [0.25, 0.3) is 11.3 Å². The Morgan fingerprint density at radius 2 is 1.78 bits per heavy atom. The van der Waals surface area contributed by atoms with Gasteiger partial charge in [-0.1, -0.05) is 60.2 Å². The first-order valence-corrected chi connectivity index (χ1v) is 11.3.